The van der Waals surface area contributed by atoms with Gasteiger partial charge in [-0.1, -0.05) is 13.8 Å². The summed E-state index contributed by atoms with van der Waals surface area (Å²) in [7, 11) is 0. The maximum Gasteiger partial charge on any atom is 0.303 e. The molecular weight excluding hydrogens is 266 g/mol. The van der Waals surface area contributed by atoms with Gasteiger partial charge in [0, 0.05) is 13.0 Å². The lowest BCUT2D eigenvalue weighted by atomic mass is 9.44. The molecule has 4 aliphatic carbocycles. The first kappa shape index (κ1) is 14.9. The SMILES string of the molecule is CC(CNC(=O)C12CC3CC(CC(C)(C3)C1)C2)CC(=O)O. The molecular formula is C17H27NO3. The lowest BCUT2D eigenvalue weighted by molar-refractivity contribution is -0.155. The lowest BCUT2D eigenvalue weighted by Crippen LogP contribution is -2.57. The number of amides is 1. The van der Waals surface area contributed by atoms with Crippen LogP contribution in [-0.2, 0) is 9.59 Å². The minimum atomic E-state index is -0.793. The third-order valence-corrected chi connectivity index (χ3v) is 5.97. The first-order valence-corrected chi connectivity index (χ1v) is 8.30. The Morgan fingerprint density at radius 3 is 2.38 bits per heavy atom. The van der Waals surface area contributed by atoms with Crippen molar-refractivity contribution in [2.75, 3.05) is 6.54 Å². The predicted molar refractivity (Wildman–Crippen MR) is 79.6 cm³/mol. The molecule has 4 nitrogen and oxygen atoms in total. The molecule has 21 heavy (non-hydrogen) atoms. The van der Waals surface area contributed by atoms with E-state index in [1.54, 1.807) is 0 Å². The van der Waals surface area contributed by atoms with E-state index in [1.807, 2.05) is 6.92 Å². The van der Waals surface area contributed by atoms with Crippen molar-refractivity contribution in [2.24, 2.45) is 28.6 Å². The molecule has 0 spiro atoms. The third-order valence-electron chi connectivity index (χ3n) is 5.97. The van der Waals surface area contributed by atoms with E-state index in [2.05, 4.69) is 12.2 Å². The van der Waals surface area contributed by atoms with Gasteiger partial charge < -0.3 is 10.4 Å². The third kappa shape index (κ3) is 2.82. The highest BCUT2D eigenvalue weighted by atomic mass is 16.4. The average Bonchev–Trinajstić information content (AvgIpc) is 2.31. The van der Waals surface area contributed by atoms with Gasteiger partial charge in [0.1, 0.15) is 0 Å². The zero-order valence-corrected chi connectivity index (χ0v) is 13.2. The van der Waals surface area contributed by atoms with Gasteiger partial charge in [0.25, 0.3) is 0 Å². The molecule has 0 aromatic heterocycles. The fourth-order valence-electron chi connectivity index (χ4n) is 5.81. The average molecular weight is 293 g/mol. The van der Waals surface area contributed by atoms with Crippen molar-refractivity contribution in [3.8, 4) is 0 Å². The molecule has 0 heterocycles. The van der Waals surface area contributed by atoms with Gasteiger partial charge in [0.15, 0.2) is 0 Å². The molecule has 0 aromatic carbocycles. The first-order chi connectivity index (χ1) is 9.80. The second-order valence-corrected chi connectivity index (χ2v) is 8.47. The molecule has 1 amide bonds. The molecule has 4 bridgehead atoms. The molecule has 4 heteroatoms. The van der Waals surface area contributed by atoms with Gasteiger partial charge >= 0.3 is 5.97 Å². The minimum Gasteiger partial charge on any atom is -0.481 e. The van der Waals surface area contributed by atoms with Crippen molar-refractivity contribution < 1.29 is 14.7 Å². The van der Waals surface area contributed by atoms with Gasteiger partial charge in [0.2, 0.25) is 5.91 Å². The van der Waals surface area contributed by atoms with E-state index in [0.29, 0.717) is 12.0 Å². The number of carboxylic acid groups (broad SMARTS) is 1. The van der Waals surface area contributed by atoms with Gasteiger partial charge in [-0.2, -0.15) is 0 Å². The highest BCUT2D eigenvalue weighted by Crippen LogP contribution is 2.65. The normalized spacial score (nSPS) is 41.8. The van der Waals surface area contributed by atoms with E-state index in [9.17, 15) is 9.59 Å². The zero-order valence-electron chi connectivity index (χ0n) is 13.2. The topological polar surface area (TPSA) is 66.4 Å². The lowest BCUT2D eigenvalue weighted by Gasteiger charge is -2.60. The summed E-state index contributed by atoms with van der Waals surface area (Å²) in [5.74, 6) is 0.868. The van der Waals surface area contributed by atoms with Crippen LogP contribution in [-0.4, -0.2) is 23.5 Å². The van der Waals surface area contributed by atoms with Crippen LogP contribution in [0, 0.1) is 28.6 Å². The molecule has 3 unspecified atom stereocenters. The summed E-state index contributed by atoms with van der Waals surface area (Å²) < 4.78 is 0. The molecule has 2 N–H and O–H groups in total. The number of carbonyl (C=O) groups is 2. The number of hydrogen-bond acceptors (Lipinski definition) is 2. The van der Waals surface area contributed by atoms with Gasteiger partial charge in [-0.15, -0.1) is 0 Å². The minimum absolute atomic E-state index is 0.00375. The van der Waals surface area contributed by atoms with E-state index >= 15 is 0 Å². The van der Waals surface area contributed by atoms with Gasteiger partial charge in [0.05, 0.1) is 5.41 Å². The summed E-state index contributed by atoms with van der Waals surface area (Å²) in [5, 5.41) is 11.9. The van der Waals surface area contributed by atoms with Gasteiger partial charge in [-0.05, 0) is 61.7 Å². The molecule has 0 aromatic rings. The van der Waals surface area contributed by atoms with Crippen molar-refractivity contribution >= 4 is 11.9 Å². The molecule has 4 saturated carbocycles. The van der Waals surface area contributed by atoms with Crippen LogP contribution >= 0.6 is 0 Å². The summed E-state index contributed by atoms with van der Waals surface area (Å²) in [6.45, 7) is 4.73. The maximum absolute atomic E-state index is 12.8. The van der Waals surface area contributed by atoms with Crippen LogP contribution in [0.5, 0.6) is 0 Å². The van der Waals surface area contributed by atoms with Gasteiger partial charge in [-0.3, -0.25) is 9.59 Å². The van der Waals surface area contributed by atoms with E-state index in [4.69, 9.17) is 5.11 Å². The molecule has 4 rings (SSSR count). The summed E-state index contributed by atoms with van der Waals surface area (Å²) in [6.07, 6.45) is 7.18. The quantitative estimate of drug-likeness (QED) is 0.819. The molecule has 4 aliphatic rings. The van der Waals surface area contributed by atoms with E-state index in [-0.39, 0.29) is 23.7 Å². The monoisotopic (exact) mass is 293 g/mol. The molecule has 118 valence electrons. The summed E-state index contributed by atoms with van der Waals surface area (Å²) in [4.78, 5) is 23.5. The van der Waals surface area contributed by atoms with Crippen molar-refractivity contribution in [1.29, 1.82) is 0 Å². The second-order valence-electron chi connectivity index (χ2n) is 8.47. The van der Waals surface area contributed by atoms with Crippen molar-refractivity contribution in [3.63, 3.8) is 0 Å². The Bertz CT molecular complexity index is 445. The highest BCUT2D eigenvalue weighted by molar-refractivity contribution is 5.83. The summed E-state index contributed by atoms with van der Waals surface area (Å²) in [6, 6.07) is 0. The number of nitrogens with one attached hydrogen (secondary N) is 1. The summed E-state index contributed by atoms with van der Waals surface area (Å²) >= 11 is 0. The Labute approximate surface area is 126 Å². The number of carbonyl (C=O) groups excluding carboxylic acids is 1. The Morgan fingerprint density at radius 2 is 1.86 bits per heavy atom. The fourth-order valence-corrected chi connectivity index (χ4v) is 5.81. The Hall–Kier alpha value is -1.06. The van der Waals surface area contributed by atoms with Crippen LogP contribution < -0.4 is 5.32 Å². The van der Waals surface area contributed by atoms with E-state index in [0.717, 1.165) is 31.1 Å². The maximum atomic E-state index is 12.8. The van der Waals surface area contributed by atoms with Gasteiger partial charge in [-0.25, -0.2) is 0 Å². The van der Waals surface area contributed by atoms with Crippen LogP contribution in [0.3, 0.4) is 0 Å². The Kier molecular flexibility index (Phi) is 3.53. The Morgan fingerprint density at radius 1 is 1.24 bits per heavy atom. The van der Waals surface area contributed by atoms with E-state index < -0.39 is 5.97 Å². The largest absolute Gasteiger partial charge is 0.481 e. The number of rotatable bonds is 5. The smallest absolute Gasteiger partial charge is 0.303 e. The van der Waals surface area contributed by atoms with Crippen LogP contribution in [0.2, 0.25) is 0 Å². The zero-order chi connectivity index (χ0) is 15.3. The molecule has 4 fully saturated rings. The fraction of sp³-hybridized carbons (Fsp3) is 0.882. The number of carboxylic acids is 1. The molecule has 0 aliphatic heterocycles. The predicted octanol–water partition coefficient (Wildman–Crippen LogP) is 2.82. The van der Waals surface area contributed by atoms with E-state index in [1.165, 1.54) is 19.3 Å². The van der Waals surface area contributed by atoms with Crippen LogP contribution in [0.4, 0.5) is 0 Å². The highest BCUT2D eigenvalue weighted by Gasteiger charge is 2.58. The van der Waals surface area contributed by atoms with Crippen LogP contribution in [0.1, 0.15) is 58.8 Å². The van der Waals surface area contributed by atoms with Crippen molar-refractivity contribution in [2.45, 2.75) is 58.8 Å². The Balaban J connectivity index is 1.63. The first-order valence-electron chi connectivity index (χ1n) is 8.30. The molecule has 0 saturated heterocycles. The van der Waals surface area contributed by atoms with Crippen LogP contribution in [0.25, 0.3) is 0 Å². The number of hydrogen-bond donors (Lipinski definition) is 2. The van der Waals surface area contributed by atoms with Crippen molar-refractivity contribution in [3.05, 3.63) is 0 Å². The number of aliphatic carboxylic acids is 1. The van der Waals surface area contributed by atoms with Crippen molar-refractivity contribution in [1.82, 2.24) is 5.32 Å². The van der Waals surface area contributed by atoms with Crippen LogP contribution in [0.15, 0.2) is 0 Å². The molecule has 0 radical (unpaired) electrons. The summed E-state index contributed by atoms with van der Waals surface area (Å²) in [5.41, 5.74) is 0.218. The second kappa shape index (κ2) is 4.99. The molecule has 3 atom stereocenters. The standard InChI is InChI=1S/C17H27NO3/c1-11(3-14(19)20)9-18-15(21)17-7-12-4-13(8-17)6-16(2,5-12)10-17/h11-13H,3-10H2,1-2H3,(H,18,21)(H,19,20).